The summed E-state index contributed by atoms with van der Waals surface area (Å²) in [5.41, 5.74) is 2.81. The van der Waals surface area contributed by atoms with Gasteiger partial charge in [-0.05, 0) is 12.8 Å². The molecule has 0 saturated carbocycles. The summed E-state index contributed by atoms with van der Waals surface area (Å²) in [7, 11) is 0. The normalized spacial score (nSPS) is 11.6. The molecule has 0 rings (SSSR count). The lowest BCUT2D eigenvalue weighted by Gasteiger charge is -1.93. The fourth-order valence-corrected chi connectivity index (χ4v) is 1.19. The standard InChI is InChI=1S/C12H25N3/c1-3-5-7-9-11-13-15-14-12-10-8-6-4-2/h9,11H,3-8,10,12H2,1-2H3,(H,13,14)/b11-9+. The minimum atomic E-state index is 0.843. The average molecular weight is 211 g/mol. The summed E-state index contributed by atoms with van der Waals surface area (Å²) in [6.07, 6.45) is 12.6. The van der Waals surface area contributed by atoms with Gasteiger partial charge < -0.3 is 0 Å². The van der Waals surface area contributed by atoms with Crippen molar-refractivity contribution in [3.63, 3.8) is 0 Å². The van der Waals surface area contributed by atoms with Crippen LogP contribution in [0.15, 0.2) is 22.6 Å². The van der Waals surface area contributed by atoms with Gasteiger partial charge in [0.25, 0.3) is 0 Å². The van der Waals surface area contributed by atoms with Crippen molar-refractivity contribution in [2.45, 2.75) is 58.8 Å². The highest BCUT2D eigenvalue weighted by Crippen LogP contribution is 1.98. The van der Waals surface area contributed by atoms with Gasteiger partial charge in [-0.3, -0.25) is 5.43 Å². The van der Waals surface area contributed by atoms with E-state index in [0.29, 0.717) is 0 Å². The molecule has 0 aliphatic carbocycles. The van der Waals surface area contributed by atoms with Gasteiger partial charge in [-0.15, -0.1) is 0 Å². The van der Waals surface area contributed by atoms with E-state index in [0.717, 1.165) is 19.4 Å². The molecule has 0 unspecified atom stereocenters. The molecule has 3 heteroatoms. The average Bonchev–Trinajstić information content (AvgIpc) is 2.26. The van der Waals surface area contributed by atoms with Crippen molar-refractivity contribution in [1.82, 2.24) is 5.43 Å². The first-order chi connectivity index (χ1) is 7.41. The van der Waals surface area contributed by atoms with Crippen LogP contribution in [-0.4, -0.2) is 6.54 Å². The minimum absolute atomic E-state index is 0.843. The Hall–Kier alpha value is -0.860. The molecule has 0 aromatic rings. The molecule has 1 N–H and O–H groups in total. The summed E-state index contributed by atoms with van der Waals surface area (Å²) in [6.45, 7) is 5.25. The molecule has 0 radical (unpaired) electrons. The molecule has 15 heavy (non-hydrogen) atoms. The fraction of sp³-hybridized carbons (Fsp3) is 0.833. The summed E-state index contributed by atoms with van der Waals surface area (Å²) in [5, 5.41) is 7.88. The first-order valence-corrected chi connectivity index (χ1v) is 6.18. The maximum Gasteiger partial charge on any atom is 0.0620 e. The third-order valence-electron chi connectivity index (χ3n) is 2.16. The van der Waals surface area contributed by atoms with Crippen molar-refractivity contribution >= 4 is 0 Å². The van der Waals surface area contributed by atoms with Crippen molar-refractivity contribution in [1.29, 1.82) is 0 Å². The van der Waals surface area contributed by atoms with E-state index in [9.17, 15) is 0 Å². The Bertz CT molecular complexity index is 164. The molecule has 0 aromatic carbocycles. The highest BCUT2D eigenvalue weighted by molar-refractivity contribution is 4.76. The van der Waals surface area contributed by atoms with Crippen LogP contribution in [0.2, 0.25) is 0 Å². The summed E-state index contributed by atoms with van der Waals surface area (Å²) < 4.78 is 0. The largest absolute Gasteiger partial charge is 0.268 e. The Morgan fingerprint density at radius 3 is 2.53 bits per heavy atom. The minimum Gasteiger partial charge on any atom is -0.268 e. The Morgan fingerprint density at radius 1 is 1.00 bits per heavy atom. The number of unbranched alkanes of at least 4 members (excludes halogenated alkanes) is 5. The quantitative estimate of drug-likeness (QED) is 0.328. The van der Waals surface area contributed by atoms with Crippen molar-refractivity contribution < 1.29 is 0 Å². The van der Waals surface area contributed by atoms with Crippen LogP contribution >= 0.6 is 0 Å². The van der Waals surface area contributed by atoms with E-state index in [-0.39, 0.29) is 0 Å². The van der Waals surface area contributed by atoms with Gasteiger partial charge in [-0.25, -0.2) is 0 Å². The van der Waals surface area contributed by atoms with Crippen molar-refractivity contribution in [2.75, 3.05) is 6.54 Å². The SMILES string of the molecule is CCCC/C=C/NN=NCCCCCC. The van der Waals surface area contributed by atoms with Crippen LogP contribution in [0.5, 0.6) is 0 Å². The molecule has 0 saturated heterocycles. The molecule has 0 spiro atoms. The molecular weight excluding hydrogens is 186 g/mol. The number of rotatable bonds is 10. The van der Waals surface area contributed by atoms with Gasteiger partial charge >= 0.3 is 0 Å². The van der Waals surface area contributed by atoms with E-state index in [1.165, 1.54) is 32.1 Å². The van der Waals surface area contributed by atoms with Crippen molar-refractivity contribution in [3.8, 4) is 0 Å². The zero-order valence-corrected chi connectivity index (χ0v) is 10.2. The molecule has 88 valence electrons. The predicted molar refractivity (Wildman–Crippen MR) is 65.7 cm³/mol. The predicted octanol–water partition coefficient (Wildman–Crippen LogP) is 4.23. The number of hydrogen-bond donors (Lipinski definition) is 1. The van der Waals surface area contributed by atoms with Gasteiger partial charge in [0.2, 0.25) is 0 Å². The molecule has 0 heterocycles. The topological polar surface area (TPSA) is 36.8 Å². The lowest BCUT2D eigenvalue weighted by atomic mass is 10.2. The van der Waals surface area contributed by atoms with Crippen LogP contribution < -0.4 is 5.43 Å². The highest BCUT2D eigenvalue weighted by atomic mass is 15.4. The third-order valence-corrected chi connectivity index (χ3v) is 2.16. The Labute approximate surface area is 94.0 Å². The molecule has 0 fully saturated rings. The molecule has 0 aliphatic rings. The zero-order chi connectivity index (χ0) is 11.2. The number of allylic oxidation sites excluding steroid dienone is 1. The molecule has 0 amide bonds. The molecular formula is C12H25N3. The van der Waals surface area contributed by atoms with Gasteiger partial charge in [0, 0.05) is 6.20 Å². The molecule has 0 aliphatic heterocycles. The number of hydrogen-bond acceptors (Lipinski definition) is 2. The summed E-state index contributed by atoms with van der Waals surface area (Å²) in [4.78, 5) is 0. The fourth-order valence-electron chi connectivity index (χ4n) is 1.19. The lowest BCUT2D eigenvalue weighted by molar-refractivity contribution is 0.652. The first kappa shape index (κ1) is 14.1. The van der Waals surface area contributed by atoms with Crippen LogP contribution in [0, 0.1) is 0 Å². The monoisotopic (exact) mass is 211 g/mol. The Morgan fingerprint density at radius 2 is 1.80 bits per heavy atom. The second kappa shape index (κ2) is 13.1. The van der Waals surface area contributed by atoms with E-state index in [4.69, 9.17) is 0 Å². The van der Waals surface area contributed by atoms with Gasteiger partial charge in [-0.1, -0.05) is 57.3 Å². The van der Waals surface area contributed by atoms with Crippen molar-refractivity contribution in [3.05, 3.63) is 12.3 Å². The Balaban J connectivity index is 3.13. The molecule has 0 aromatic heterocycles. The second-order valence-electron chi connectivity index (χ2n) is 3.70. The van der Waals surface area contributed by atoms with Gasteiger partial charge in [0.05, 0.1) is 6.54 Å². The molecule has 3 nitrogen and oxygen atoms in total. The number of nitrogens with one attached hydrogen (secondary N) is 1. The van der Waals surface area contributed by atoms with Gasteiger partial charge in [-0.2, -0.15) is 5.11 Å². The van der Waals surface area contributed by atoms with E-state index in [1.807, 2.05) is 6.20 Å². The van der Waals surface area contributed by atoms with E-state index in [2.05, 4.69) is 35.7 Å². The van der Waals surface area contributed by atoms with Crippen LogP contribution in [0.25, 0.3) is 0 Å². The summed E-state index contributed by atoms with van der Waals surface area (Å²) in [5.74, 6) is 0. The highest BCUT2D eigenvalue weighted by Gasteiger charge is 1.84. The van der Waals surface area contributed by atoms with Crippen molar-refractivity contribution in [2.24, 2.45) is 10.3 Å². The molecule has 0 atom stereocenters. The van der Waals surface area contributed by atoms with Gasteiger partial charge in [0.15, 0.2) is 0 Å². The van der Waals surface area contributed by atoms with E-state index in [1.54, 1.807) is 0 Å². The third kappa shape index (κ3) is 13.1. The maximum atomic E-state index is 4.02. The smallest absolute Gasteiger partial charge is 0.0620 e. The van der Waals surface area contributed by atoms with Crippen LogP contribution in [0.4, 0.5) is 0 Å². The van der Waals surface area contributed by atoms with Crippen LogP contribution in [0.1, 0.15) is 58.8 Å². The van der Waals surface area contributed by atoms with E-state index < -0.39 is 0 Å². The van der Waals surface area contributed by atoms with Crippen LogP contribution in [0.3, 0.4) is 0 Å². The van der Waals surface area contributed by atoms with E-state index >= 15 is 0 Å². The number of nitrogens with zero attached hydrogens (tertiary/aromatic N) is 2. The zero-order valence-electron chi connectivity index (χ0n) is 10.2. The van der Waals surface area contributed by atoms with Crippen LogP contribution in [-0.2, 0) is 0 Å². The second-order valence-corrected chi connectivity index (χ2v) is 3.70. The lowest BCUT2D eigenvalue weighted by Crippen LogP contribution is -1.91. The van der Waals surface area contributed by atoms with Gasteiger partial charge in [0.1, 0.15) is 0 Å². The maximum absolute atomic E-state index is 4.02. The Kier molecular flexibility index (Phi) is 12.4. The molecule has 0 bridgehead atoms. The summed E-state index contributed by atoms with van der Waals surface area (Å²) >= 11 is 0. The first-order valence-electron chi connectivity index (χ1n) is 6.18. The summed E-state index contributed by atoms with van der Waals surface area (Å²) in [6, 6.07) is 0.